The highest BCUT2D eigenvalue weighted by Gasteiger charge is 2.62. The van der Waals surface area contributed by atoms with Gasteiger partial charge in [-0.1, -0.05) is 48.5 Å². The molecule has 0 aromatic rings. The van der Waals surface area contributed by atoms with E-state index in [0.717, 1.165) is 38.3 Å². The van der Waals surface area contributed by atoms with Gasteiger partial charge in [0.05, 0.1) is 12.2 Å². The molecule has 4 N–H and O–H groups in total. The van der Waals surface area contributed by atoms with Crippen LogP contribution in [0.4, 0.5) is 0 Å². The molecule has 0 radical (unpaired) electrons. The fourth-order valence-electron chi connectivity index (χ4n) is 9.99. The van der Waals surface area contributed by atoms with Crippen molar-refractivity contribution in [3.63, 3.8) is 0 Å². The molecule has 4 fully saturated rings. The lowest BCUT2D eigenvalue weighted by molar-refractivity contribution is -0.167. The Morgan fingerprint density at radius 2 is 1.53 bits per heavy atom. The molecule has 210 valence electrons. The van der Waals surface area contributed by atoms with E-state index in [1.807, 2.05) is 0 Å². The van der Waals surface area contributed by atoms with Crippen LogP contribution >= 0.6 is 0 Å². The first-order valence-electron chi connectivity index (χ1n) is 15.8. The van der Waals surface area contributed by atoms with Crippen LogP contribution in [0.15, 0.2) is 0 Å². The Bertz CT molecular complexity index is 712. The van der Waals surface area contributed by atoms with Gasteiger partial charge in [0.15, 0.2) is 0 Å². The van der Waals surface area contributed by atoms with Crippen LogP contribution in [0, 0.1) is 52.3 Å². The largest absolute Gasteiger partial charge is 0.393 e. The van der Waals surface area contributed by atoms with Crippen molar-refractivity contribution in [2.45, 2.75) is 137 Å². The summed E-state index contributed by atoms with van der Waals surface area (Å²) in [7, 11) is 0. The van der Waals surface area contributed by atoms with Crippen molar-refractivity contribution in [2.24, 2.45) is 52.3 Å². The summed E-state index contributed by atoms with van der Waals surface area (Å²) in [6.45, 7) is 18.4. The van der Waals surface area contributed by atoms with Crippen LogP contribution in [0.5, 0.6) is 0 Å². The minimum atomic E-state index is -0.165. The summed E-state index contributed by atoms with van der Waals surface area (Å²) in [5.41, 5.74) is 0.778. The maximum atomic E-state index is 11.7. The zero-order valence-corrected chi connectivity index (χ0v) is 24.7. The van der Waals surface area contributed by atoms with Gasteiger partial charge in [0.2, 0.25) is 0 Å². The predicted molar refractivity (Wildman–Crippen MR) is 151 cm³/mol. The Morgan fingerprint density at radius 1 is 0.833 bits per heavy atom. The minimum Gasteiger partial charge on any atom is -0.393 e. The molecule has 0 saturated heterocycles. The average molecular weight is 505 g/mol. The molecule has 4 rings (SSSR count). The Balaban J connectivity index is 1.39. The van der Waals surface area contributed by atoms with Crippen LogP contribution in [-0.2, 0) is 0 Å². The van der Waals surface area contributed by atoms with Gasteiger partial charge in [-0.2, -0.15) is 0 Å². The van der Waals surface area contributed by atoms with Gasteiger partial charge in [-0.05, 0) is 116 Å². The Kier molecular flexibility index (Phi) is 9.23. The fourth-order valence-corrected chi connectivity index (χ4v) is 9.99. The lowest BCUT2D eigenvalue weighted by Gasteiger charge is -2.62. The highest BCUT2D eigenvalue weighted by atomic mass is 16.3. The molecule has 0 heterocycles. The van der Waals surface area contributed by atoms with Crippen LogP contribution in [-0.4, -0.2) is 47.6 Å². The van der Waals surface area contributed by atoms with E-state index in [0.29, 0.717) is 58.4 Å². The quantitative estimate of drug-likeness (QED) is 0.275. The minimum absolute atomic E-state index is 0.115. The number of hydrogen-bond acceptors (Lipinski definition) is 4. The highest BCUT2D eigenvalue weighted by Crippen LogP contribution is 2.68. The normalized spacial score (nSPS) is 44.2. The fraction of sp³-hybridized carbons (Fsp3) is 1.00. The summed E-state index contributed by atoms with van der Waals surface area (Å²) in [6, 6.07) is 1.17. The maximum absolute atomic E-state index is 11.7. The summed E-state index contributed by atoms with van der Waals surface area (Å²) in [4.78, 5) is 0. The highest BCUT2D eigenvalue weighted by molar-refractivity contribution is 5.12. The first-order chi connectivity index (χ1) is 17.0. The number of aliphatic hydroxyl groups is 2. The molecule has 4 aliphatic carbocycles. The Hall–Kier alpha value is -0.160. The van der Waals surface area contributed by atoms with E-state index in [1.54, 1.807) is 0 Å². The molecule has 4 saturated carbocycles. The Morgan fingerprint density at radius 3 is 2.22 bits per heavy atom. The average Bonchev–Trinajstić information content (AvgIpc) is 3.17. The molecule has 0 aromatic heterocycles. The van der Waals surface area contributed by atoms with Crippen LogP contribution in [0.2, 0.25) is 0 Å². The van der Waals surface area contributed by atoms with E-state index < -0.39 is 0 Å². The van der Waals surface area contributed by atoms with Crippen LogP contribution in [0.1, 0.15) is 113 Å². The number of hydrogen-bond donors (Lipinski definition) is 4. The zero-order chi connectivity index (χ0) is 26.3. The van der Waals surface area contributed by atoms with Crippen molar-refractivity contribution in [3.8, 4) is 0 Å². The van der Waals surface area contributed by atoms with E-state index >= 15 is 0 Å². The molecule has 0 aromatic carbocycles. The first-order valence-corrected chi connectivity index (χ1v) is 15.8. The third-order valence-electron chi connectivity index (χ3n) is 12.2. The zero-order valence-electron chi connectivity index (χ0n) is 24.7. The first kappa shape index (κ1) is 28.8. The summed E-state index contributed by atoms with van der Waals surface area (Å²) >= 11 is 0. The molecule has 0 bridgehead atoms. The van der Waals surface area contributed by atoms with Crippen molar-refractivity contribution in [3.05, 3.63) is 0 Å². The molecule has 11 unspecified atom stereocenters. The monoisotopic (exact) mass is 504 g/mol. The van der Waals surface area contributed by atoms with E-state index in [2.05, 4.69) is 59.1 Å². The molecule has 0 aliphatic heterocycles. The molecule has 4 nitrogen and oxygen atoms in total. The third-order valence-corrected chi connectivity index (χ3v) is 12.2. The molecule has 0 spiro atoms. The number of fused-ring (bicyclic) bond motifs is 5. The predicted octanol–water partition coefficient (Wildman–Crippen LogP) is 6.01. The number of aliphatic hydroxyl groups excluding tert-OH is 2. The van der Waals surface area contributed by atoms with Gasteiger partial charge in [0.25, 0.3) is 0 Å². The van der Waals surface area contributed by atoms with Gasteiger partial charge >= 0.3 is 0 Å². The molecule has 4 aliphatic rings. The second-order valence-corrected chi connectivity index (χ2v) is 14.9. The van der Waals surface area contributed by atoms with Crippen molar-refractivity contribution in [2.75, 3.05) is 13.1 Å². The maximum Gasteiger partial charge on any atom is 0.0577 e. The summed E-state index contributed by atoms with van der Waals surface area (Å²) in [5, 5.41) is 29.5. The lowest BCUT2D eigenvalue weighted by Crippen LogP contribution is -2.59. The second-order valence-electron chi connectivity index (χ2n) is 14.9. The smallest absolute Gasteiger partial charge is 0.0577 e. The third kappa shape index (κ3) is 5.58. The van der Waals surface area contributed by atoms with Gasteiger partial charge < -0.3 is 20.8 Å². The molecular weight excluding hydrogens is 444 g/mol. The Labute approximate surface area is 223 Å². The molecule has 36 heavy (non-hydrogen) atoms. The molecule has 0 amide bonds. The van der Waals surface area contributed by atoms with Crippen molar-refractivity contribution >= 4 is 0 Å². The topological polar surface area (TPSA) is 64.5 Å². The lowest BCUT2D eigenvalue weighted by atomic mass is 9.43. The van der Waals surface area contributed by atoms with E-state index in [-0.39, 0.29) is 12.2 Å². The van der Waals surface area contributed by atoms with E-state index in [4.69, 9.17) is 0 Å². The molecule has 11 atom stereocenters. The SMILES string of the molecule is CC(C)NCCNC1CCC2(C)C(C1)CC(O)C1C2CCC2(C)C(C(C)CCC(O)C(C)C)CCC12. The van der Waals surface area contributed by atoms with Crippen molar-refractivity contribution < 1.29 is 10.2 Å². The van der Waals surface area contributed by atoms with Gasteiger partial charge in [0, 0.05) is 25.2 Å². The van der Waals surface area contributed by atoms with Gasteiger partial charge in [-0.25, -0.2) is 0 Å². The van der Waals surface area contributed by atoms with Crippen LogP contribution < -0.4 is 10.6 Å². The standard InChI is InChI=1S/C32H60N2O2/c1-20(2)28(35)11-8-22(5)25-9-10-26-30-27(13-15-32(25,26)7)31(6)14-12-24(18-23(31)19-29(30)36)34-17-16-33-21(3)4/h20-30,33-36H,8-19H2,1-7H3. The van der Waals surface area contributed by atoms with Gasteiger partial charge in [0.1, 0.15) is 0 Å². The van der Waals surface area contributed by atoms with E-state index in [1.165, 1.54) is 44.9 Å². The summed E-state index contributed by atoms with van der Waals surface area (Å²) in [6.07, 6.45) is 12.0. The van der Waals surface area contributed by atoms with Crippen molar-refractivity contribution in [1.82, 2.24) is 10.6 Å². The van der Waals surface area contributed by atoms with Crippen LogP contribution in [0.25, 0.3) is 0 Å². The van der Waals surface area contributed by atoms with Gasteiger partial charge in [-0.15, -0.1) is 0 Å². The van der Waals surface area contributed by atoms with Crippen LogP contribution in [0.3, 0.4) is 0 Å². The summed E-state index contributed by atoms with van der Waals surface area (Å²) in [5.74, 6) is 4.32. The number of rotatable bonds is 10. The van der Waals surface area contributed by atoms with Crippen molar-refractivity contribution in [1.29, 1.82) is 0 Å². The van der Waals surface area contributed by atoms with Gasteiger partial charge in [-0.3, -0.25) is 0 Å². The number of nitrogens with one attached hydrogen (secondary N) is 2. The molecular formula is C32H60N2O2. The molecule has 4 heteroatoms. The second kappa shape index (κ2) is 11.5. The summed E-state index contributed by atoms with van der Waals surface area (Å²) < 4.78 is 0. The van der Waals surface area contributed by atoms with E-state index in [9.17, 15) is 10.2 Å².